The summed E-state index contributed by atoms with van der Waals surface area (Å²) in [5.74, 6) is -1.07. The van der Waals surface area contributed by atoms with E-state index in [-0.39, 0.29) is 67.6 Å². The number of aromatic nitrogens is 5. The summed E-state index contributed by atoms with van der Waals surface area (Å²) < 4.78 is 60.3. The molecule has 2 aromatic carbocycles. The number of hydrogen-bond acceptors (Lipinski definition) is 11. The summed E-state index contributed by atoms with van der Waals surface area (Å²) in [4.78, 5) is 35.4. The number of benzene rings is 2. The summed E-state index contributed by atoms with van der Waals surface area (Å²) in [6, 6.07) is 3.69. The number of nitrogens with zero attached hydrogens (tertiary/aromatic N) is 9. The molecule has 4 fully saturated rings. The minimum atomic E-state index is -0.970. The molecule has 0 unspecified atom stereocenters. The maximum absolute atomic E-state index is 17.1. The highest BCUT2D eigenvalue weighted by Crippen LogP contribution is 2.50. The summed E-state index contributed by atoms with van der Waals surface area (Å²) in [6.07, 6.45) is 3.65. The standard InChI is InChI=1S/C34H30ClF3N10O3S/c1-40-27-24-19(3-4-22(37)28(24)52-29(27)39)23-21(35)9-20-26(25(23)38)43-31(50-15-33-5-2-6-47(33)11-18(36)10-33)44-30(20)46-13-34(14-46)12-45(7-8-51-34)32(49)48-17-41-16-42-48/h3-4,9,16-18H,2,5-8,10-15,39H2/t18-,33+/m1/s1. The molecule has 1 amide bonds. The zero-order valence-electron chi connectivity index (χ0n) is 27.5. The van der Waals surface area contributed by atoms with Gasteiger partial charge in [-0.15, -0.1) is 11.3 Å². The van der Waals surface area contributed by atoms with E-state index < -0.39 is 28.9 Å². The number of carbonyl (C=O) groups excluding carboxylic acids is 1. The fourth-order valence-electron chi connectivity index (χ4n) is 8.30. The Hall–Kier alpha value is -4.76. The summed E-state index contributed by atoms with van der Waals surface area (Å²) in [6.45, 7) is 10.5. The first-order valence-electron chi connectivity index (χ1n) is 16.7. The molecule has 2 N–H and O–H groups in total. The van der Waals surface area contributed by atoms with Gasteiger partial charge in [0.1, 0.15) is 48.2 Å². The van der Waals surface area contributed by atoms with Crippen molar-refractivity contribution in [3.05, 3.63) is 58.9 Å². The van der Waals surface area contributed by atoms with Crippen LogP contribution in [0.5, 0.6) is 6.01 Å². The third kappa shape index (κ3) is 5.14. The predicted molar refractivity (Wildman–Crippen MR) is 188 cm³/mol. The minimum absolute atomic E-state index is 0.00804. The second-order valence-electron chi connectivity index (χ2n) is 13.8. The molecule has 0 saturated carbocycles. The lowest BCUT2D eigenvalue weighted by Crippen LogP contribution is -2.71. The van der Waals surface area contributed by atoms with Crippen molar-refractivity contribution in [3.8, 4) is 17.1 Å². The van der Waals surface area contributed by atoms with E-state index in [1.165, 1.54) is 29.5 Å². The lowest BCUT2D eigenvalue weighted by atomic mass is 9.91. The number of halogens is 4. The molecule has 0 aliphatic carbocycles. The van der Waals surface area contributed by atoms with Crippen LogP contribution in [0.3, 0.4) is 0 Å². The molecule has 9 rings (SSSR count). The second-order valence-corrected chi connectivity index (χ2v) is 15.3. The number of amides is 1. The Labute approximate surface area is 303 Å². The van der Waals surface area contributed by atoms with Gasteiger partial charge in [0.15, 0.2) is 5.82 Å². The van der Waals surface area contributed by atoms with Gasteiger partial charge in [0.2, 0.25) is 5.69 Å². The largest absolute Gasteiger partial charge is 0.461 e. The number of nitrogens with two attached hydrogens (primary N) is 1. The van der Waals surface area contributed by atoms with Crippen molar-refractivity contribution in [3.63, 3.8) is 0 Å². The molecule has 4 aliphatic rings. The fourth-order valence-corrected chi connectivity index (χ4v) is 9.54. The molecule has 18 heteroatoms. The van der Waals surface area contributed by atoms with Crippen LogP contribution in [0.4, 0.5) is 34.5 Å². The van der Waals surface area contributed by atoms with Gasteiger partial charge in [-0.2, -0.15) is 19.7 Å². The van der Waals surface area contributed by atoms with Gasteiger partial charge in [0.25, 0.3) is 0 Å². The number of nitrogen functional groups attached to an aromatic ring is 1. The molecule has 3 aromatic heterocycles. The van der Waals surface area contributed by atoms with Crippen LogP contribution in [0.25, 0.3) is 37.0 Å². The van der Waals surface area contributed by atoms with Crippen molar-refractivity contribution in [2.24, 2.45) is 0 Å². The molecule has 13 nitrogen and oxygen atoms in total. The summed E-state index contributed by atoms with van der Waals surface area (Å²) in [5, 5.41) is 4.51. The third-order valence-electron chi connectivity index (χ3n) is 10.6. The molecule has 7 heterocycles. The summed E-state index contributed by atoms with van der Waals surface area (Å²) in [7, 11) is 0. The van der Waals surface area contributed by atoms with E-state index in [1.807, 2.05) is 4.90 Å². The molecular formula is C34H30ClF3N10O3S. The number of rotatable bonds is 5. The average Bonchev–Trinajstić information content (AvgIpc) is 3.91. The van der Waals surface area contributed by atoms with Gasteiger partial charge >= 0.3 is 12.0 Å². The number of thiophene rings is 1. The van der Waals surface area contributed by atoms with Crippen LogP contribution in [0, 0.1) is 18.2 Å². The van der Waals surface area contributed by atoms with E-state index >= 15 is 4.39 Å². The first-order chi connectivity index (χ1) is 25.1. The molecule has 52 heavy (non-hydrogen) atoms. The Morgan fingerprint density at radius 1 is 1.23 bits per heavy atom. The number of fused-ring (bicyclic) bond motifs is 3. The quantitative estimate of drug-likeness (QED) is 0.224. The Kier molecular flexibility index (Phi) is 7.74. The van der Waals surface area contributed by atoms with Gasteiger partial charge in [0, 0.05) is 35.8 Å². The van der Waals surface area contributed by atoms with Crippen molar-refractivity contribution < 1.29 is 27.4 Å². The highest BCUT2D eigenvalue weighted by atomic mass is 35.5. The zero-order chi connectivity index (χ0) is 35.9. The highest BCUT2D eigenvalue weighted by molar-refractivity contribution is 7.23. The maximum atomic E-state index is 17.1. The van der Waals surface area contributed by atoms with Crippen LogP contribution in [0.1, 0.15) is 19.3 Å². The van der Waals surface area contributed by atoms with E-state index in [4.69, 9.17) is 38.4 Å². The van der Waals surface area contributed by atoms with Gasteiger partial charge in [-0.05, 0) is 37.1 Å². The molecule has 4 saturated heterocycles. The van der Waals surface area contributed by atoms with Gasteiger partial charge in [-0.3, -0.25) is 4.90 Å². The second kappa shape index (κ2) is 12.2. The topological polar surface area (TPSA) is 132 Å². The Morgan fingerprint density at radius 3 is 2.87 bits per heavy atom. The first-order valence-corrected chi connectivity index (χ1v) is 17.9. The molecule has 268 valence electrons. The molecular weight excluding hydrogens is 721 g/mol. The van der Waals surface area contributed by atoms with E-state index in [0.717, 1.165) is 30.7 Å². The van der Waals surface area contributed by atoms with Crippen molar-refractivity contribution in [1.29, 1.82) is 0 Å². The van der Waals surface area contributed by atoms with Gasteiger partial charge in [0.05, 0.1) is 53.1 Å². The smallest absolute Gasteiger partial charge is 0.346 e. The minimum Gasteiger partial charge on any atom is -0.461 e. The molecule has 0 bridgehead atoms. The number of alkyl halides is 1. The number of anilines is 2. The first kappa shape index (κ1) is 33.1. The van der Waals surface area contributed by atoms with Crippen molar-refractivity contribution in [2.75, 3.05) is 63.1 Å². The van der Waals surface area contributed by atoms with Crippen LogP contribution >= 0.6 is 22.9 Å². The Morgan fingerprint density at radius 2 is 2.08 bits per heavy atom. The average molecular weight is 751 g/mol. The molecule has 1 spiro atoms. The van der Waals surface area contributed by atoms with E-state index in [9.17, 15) is 13.6 Å². The van der Waals surface area contributed by atoms with Gasteiger partial charge in [-0.1, -0.05) is 17.7 Å². The zero-order valence-corrected chi connectivity index (χ0v) is 29.1. The lowest BCUT2D eigenvalue weighted by Gasteiger charge is -2.54. The van der Waals surface area contributed by atoms with E-state index in [1.54, 1.807) is 11.0 Å². The third-order valence-corrected chi connectivity index (χ3v) is 12.0. The van der Waals surface area contributed by atoms with Crippen molar-refractivity contribution in [2.45, 2.75) is 36.6 Å². The van der Waals surface area contributed by atoms with Crippen LogP contribution in [-0.2, 0) is 4.74 Å². The maximum Gasteiger partial charge on any atom is 0.346 e. The van der Waals surface area contributed by atoms with Gasteiger partial charge < -0.3 is 25.0 Å². The van der Waals surface area contributed by atoms with Crippen LogP contribution in [0.2, 0.25) is 5.02 Å². The highest BCUT2D eigenvalue weighted by Gasteiger charge is 2.51. The molecule has 2 atom stereocenters. The van der Waals surface area contributed by atoms with Crippen molar-refractivity contribution >= 4 is 66.5 Å². The number of ether oxygens (including phenoxy) is 2. The predicted octanol–water partition coefficient (Wildman–Crippen LogP) is 5.68. The summed E-state index contributed by atoms with van der Waals surface area (Å²) in [5.41, 5.74) is 4.87. The normalized spacial score (nSPS) is 22.6. The Balaban J connectivity index is 1.12. The summed E-state index contributed by atoms with van der Waals surface area (Å²) >= 11 is 7.77. The SMILES string of the molecule is [C-]#[N+]c1c(N)sc2c(F)ccc(-c3c(Cl)cc4c(N5CC6(CN(C(=O)n7cncn7)CCO6)C5)nc(OC[C@@]56CCCN5C[C@H](F)C6)nc4c3F)c12. The van der Waals surface area contributed by atoms with E-state index in [0.29, 0.717) is 50.4 Å². The fraction of sp³-hybridized carbons (Fsp3) is 0.412. The number of hydrogen-bond donors (Lipinski definition) is 1. The van der Waals surface area contributed by atoms with Crippen LogP contribution in [-0.4, -0.2) is 110 Å². The lowest BCUT2D eigenvalue weighted by molar-refractivity contribution is -0.112. The van der Waals surface area contributed by atoms with Gasteiger partial charge in [-0.25, -0.2) is 27.8 Å². The van der Waals surface area contributed by atoms with E-state index in [2.05, 4.69) is 24.8 Å². The number of morpholine rings is 1. The molecule has 4 aliphatic heterocycles. The molecule has 0 radical (unpaired) electrons. The van der Waals surface area contributed by atoms with Crippen LogP contribution in [0.15, 0.2) is 30.9 Å². The molecule has 5 aromatic rings. The Bertz CT molecular complexity index is 2310. The monoisotopic (exact) mass is 750 g/mol. The van der Waals surface area contributed by atoms with Crippen LogP contribution < -0.4 is 15.4 Å². The van der Waals surface area contributed by atoms with Crippen molar-refractivity contribution in [1.82, 2.24) is 34.5 Å². The number of carbonyl (C=O) groups is 1.